The number of carboxylic acids is 1. The molecule has 0 aromatic carbocycles. The first-order valence-electron chi connectivity index (χ1n) is 6.21. The Morgan fingerprint density at radius 2 is 2.42 bits per heavy atom. The molecule has 1 aromatic rings. The summed E-state index contributed by atoms with van der Waals surface area (Å²) >= 11 is 0. The number of hydrogen-bond acceptors (Lipinski definition) is 5. The van der Waals surface area contributed by atoms with E-state index in [9.17, 15) is 9.90 Å². The van der Waals surface area contributed by atoms with Gasteiger partial charge in [0.25, 0.3) is 0 Å². The lowest BCUT2D eigenvalue weighted by atomic mass is 9.85. The Kier molecular flexibility index (Phi) is 3.38. The molecule has 0 radical (unpaired) electrons. The first-order chi connectivity index (χ1) is 8.97. The molecule has 1 aliphatic carbocycles. The maximum Gasteiger partial charge on any atom is 0.311 e. The lowest BCUT2D eigenvalue weighted by Crippen LogP contribution is -2.40. The summed E-state index contributed by atoms with van der Waals surface area (Å²) in [7, 11) is 0. The predicted octanol–water partition coefficient (Wildman–Crippen LogP) is 1.71. The van der Waals surface area contributed by atoms with Crippen molar-refractivity contribution in [3.05, 3.63) is 17.6 Å². The number of carbonyl (C=O) groups is 1. The van der Waals surface area contributed by atoms with E-state index in [2.05, 4.69) is 15.3 Å². The number of nitrogens with one attached hydrogen (secondary N) is 1. The van der Waals surface area contributed by atoms with Crippen molar-refractivity contribution in [1.29, 1.82) is 5.26 Å². The number of aryl methyl sites for hydroxylation is 1. The van der Waals surface area contributed by atoms with Gasteiger partial charge < -0.3 is 10.4 Å². The van der Waals surface area contributed by atoms with Gasteiger partial charge in [0.15, 0.2) is 0 Å². The zero-order valence-electron chi connectivity index (χ0n) is 11.0. The summed E-state index contributed by atoms with van der Waals surface area (Å²) in [5.74, 6) is 0.165. The number of anilines is 1. The van der Waals surface area contributed by atoms with E-state index in [-0.39, 0.29) is 6.04 Å². The quantitative estimate of drug-likeness (QED) is 0.858. The summed E-state index contributed by atoms with van der Waals surface area (Å²) in [6.07, 6.45) is 3.70. The van der Waals surface area contributed by atoms with E-state index in [0.29, 0.717) is 23.6 Å². The lowest BCUT2D eigenvalue weighted by molar-refractivity contribution is -0.147. The van der Waals surface area contributed by atoms with E-state index < -0.39 is 11.4 Å². The molecule has 6 heteroatoms. The number of aliphatic carboxylic acids is 1. The van der Waals surface area contributed by atoms with Gasteiger partial charge in [-0.05, 0) is 26.7 Å². The molecule has 1 fully saturated rings. The molecule has 0 aliphatic heterocycles. The molecule has 2 N–H and O–H groups in total. The molecule has 0 saturated heterocycles. The standard InChI is InChI=1S/C13H16N4O2/c1-8-15-7-9(6-14)11(16-8)17-10-4-3-5-13(10,2)12(18)19/h7,10H,3-5H2,1-2H3,(H,18,19)(H,15,16,17). The van der Waals surface area contributed by atoms with Gasteiger partial charge in [-0.3, -0.25) is 4.79 Å². The number of hydrogen-bond donors (Lipinski definition) is 2. The highest BCUT2D eigenvalue weighted by atomic mass is 16.4. The molecule has 1 heterocycles. The molecule has 2 atom stereocenters. The molecule has 1 aromatic heterocycles. The lowest BCUT2D eigenvalue weighted by Gasteiger charge is -2.28. The first kappa shape index (κ1) is 13.3. The fourth-order valence-electron chi connectivity index (χ4n) is 2.48. The minimum atomic E-state index is -0.814. The van der Waals surface area contributed by atoms with Gasteiger partial charge >= 0.3 is 5.97 Å². The Labute approximate surface area is 111 Å². The Bertz CT molecular complexity index is 552. The molecule has 100 valence electrons. The second kappa shape index (κ2) is 4.84. The average molecular weight is 260 g/mol. The molecule has 1 saturated carbocycles. The highest BCUT2D eigenvalue weighted by Gasteiger charge is 2.45. The molecule has 0 bridgehead atoms. The van der Waals surface area contributed by atoms with Gasteiger partial charge in [0.1, 0.15) is 23.3 Å². The van der Waals surface area contributed by atoms with E-state index in [0.717, 1.165) is 12.8 Å². The topological polar surface area (TPSA) is 98.9 Å². The van der Waals surface area contributed by atoms with Crippen molar-refractivity contribution < 1.29 is 9.90 Å². The van der Waals surface area contributed by atoms with Gasteiger partial charge in [0.2, 0.25) is 0 Å². The van der Waals surface area contributed by atoms with Crippen LogP contribution in [0.25, 0.3) is 0 Å². The summed E-state index contributed by atoms with van der Waals surface area (Å²) in [4.78, 5) is 19.6. The van der Waals surface area contributed by atoms with Crippen LogP contribution in [0.4, 0.5) is 5.82 Å². The van der Waals surface area contributed by atoms with Crippen LogP contribution in [0.15, 0.2) is 6.20 Å². The summed E-state index contributed by atoms with van der Waals surface area (Å²) in [5.41, 5.74) is -0.476. The summed E-state index contributed by atoms with van der Waals surface area (Å²) in [6, 6.07) is 1.80. The van der Waals surface area contributed by atoms with Gasteiger partial charge in [-0.25, -0.2) is 9.97 Å². The molecular formula is C13H16N4O2. The Hall–Kier alpha value is -2.16. The van der Waals surface area contributed by atoms with Gasteiger partial charge in [-0.2, -0.15) is 5.26 Å². The van der Waals surface area contributed by atoms with Gasteiger partial charge in [0, 0.05) is 6.04 Å². The number of aromatic nitrogens is 2. The molecular weight excluding hydrogens is 244 g/mol. The third kappa shape index (κ3) is 2.36. The maximum atomic E-state index is 11.4. The average Bonchev–Trinajstić information content (AvgIpc) is 2.73. The fourth-order valence-corrected chi connectivity index (χ4v) is 2.48. The van der Waals surface area contributed by atoms with Crippen LogP contribution in [0.3, 0.4) is 0 Å². The monoisotopic (exact) mass is 260 g/mol. The van der Waals surface area contributed by atoms with Crippen molar-refractivity contribution in [2.45, 2.75) is 39.2 Å². The summed E-state index contributed by atoms with van der Waals surface area (Å²) in [5, 5.41) is 21.5. The third-order valence-corrected chi connectivity index (χ3v) is 3.79. The normalized spacial score (nSPS) is 25.8. The van der Waals surface area contributed by atoms with E-state index in [1.165, 1.54) is 6.20 Å². The minimum absolute atomic E-state index is 0.216. The van der Waals surface area contributed by atoms with Crippen LogP contribution in [0, 0.1) is 23.7 Å². The summed E-state index contributed by atoms with van der Waals surface area (Å²) in [6.45, 7) is 3.47. The molecule has 19 heavy (non-hydrogen) atoms. The van der Waals surface area contributed by atoms with Crippen molar-refractivity contribution in [2.24, 2.45) is 5.41 Å². The Balaban J connectivity index is 2.29. The molecule has 1 aliphatic rings. The van der Waals surface area contributed by atoms with Crippen LogP contribution in [-0.4, -0.2) is 27.1 Å². The van der Waals surface area contributed by atoms with Gasteiger partial charge in [0.05, 0.1) is 11.6 Å². The molecule has 0 amide bonds. The maximum absolute atomic E-state index is 11.4. The third-order valence-electron chi connectivity index (χ3n) is 3.79. The Morgan fingerprint density at radius 3 is 3.05 bits per heavy atom. The molecule has 2 rings (SSSR count). The zero-order valence-corrected chi connectivity index (χ0v) is 11.0. The van der Waals surface area contributed by atoms with Crippen molar-refractivity contribution in [1.82, 2.24) is 9.97 Å². The highest BCUT2D eigenvalue weighted by Crippen LogP contribution is 2.39. The second-order valence-electron chi connectivity index (χ2n) is 5.10. The SMILES string of the molecule is Cc1ncc(C#N)c(NC2CCCC2(C)C(=O)O)n1. The minimum Gasteiger partial charge on any atom is -0.481 e. The highest BCUT2D eigenvalue weighted by molar-refractivity contribution is 5.76. The number of nitriles is 1. The van der Waals surface area contributed by atoms with E-state index in [4.69, 9.17) is 5.26 Å². The van der Waals surface area contributed by atoms with Crippen LogP contribution in [0.1, 0.15) is 37.6 Å². The molecule has 2 unspecified atom stereocenters. The molecule has 6 nitrogen and oxygen atoms in total. The van der Waals surface area contributed by atoms with Gasteiger partial charge in [-0.15, -0.1) is 0 Å². The van der Waals surface area contributed by atoms with Crippen molar-refractivity contribution in [3.8, 4) is 6.07 Å². The molecule has 0 spiro atoms. The van der Waals surface area contributed by atoms with Crippen LogP contribution in [0.5, 0.6) is 0 Å². The van der Waals surface area contributed by atoms with Crippen molar-refractivity contribution in [2.75, 3.05) is 5.32 Å². The van der Waals surface area contributed by atoms with Crippen LogP contribution >= 0.6 is 0 Å². The predicted molar refractivity (Wildman–Crippen MR) is 68.5 cm³/mol. The largest absolute Gasteiger partial charge is 0.481 e. The van der Waals surface area contributed by atoms with E-state index >= 15 is 0 Å². The smallest absolute Gasteiger partial charge is 0.311 e. The van der Waals surface area contributed by atoms with E-state index in [1.54, 1.807) is 13.8 Å². The summed E-state index contributed by atoms with van der Waals surface area (Å²) < 4.78 is 0. The number of nitrogens with zero attached hydrogens (tertiary/aromatic N) is 3. The second-order valence-corrected chi connectivity index (χ2v) is 5.10. The Morgan fingerprint density at radius 1 is 1.68 bits per heavy atom. The van der Waals surface area contributed by atoms with Gasteiger partial charge in [-0.1, -0.05) is 6.42 Å². The number of rotatable bonds is 3. The van der Waals surface area contributed by atoms with Crippen molar-refractivity contribution in [3.63, 3.8) is 0 Å². The zero-order chi connectivity index (χ0) is 14.0. The fraction of sp³-hybridized carbons (Fsp3) is 0.538. The van der Waals surface area contributed by atoms with Crippen molar-refractivity contribution >= 4 is 11.8 Å². The number of carboxylic acid groups (broad SMARTS) is 1. The van der Waals surface area contributed by atoms with Crippen LogP contribution in [-0.2, 0) is 4.79 Å². The van der Waals surface area contributed by atoms with Crippen LogP contribution < -0.4 is 5.32 Å². The first-order valence-corrected chi connectivity index (χ1v) is 6.21. The van der Waals surface area contributed by atoms with Crippen LogP contribution in [0.2, 0.25) is 0 Å². The van der Waals surface area contributed by atoms with E-state index in [1.807, 2.05) is 6.07 Å².